The average molecular weight is 464 g/mol. The van der Waals surface area contributed by atoms with Gasteiger partial charge in [0, 0.05) is 5.92 Å². The maximum Gasteiger partial charge on any atom is 0.231 e. The van der Waals surface area contributed by atoms with E-state index in [1.807, 2.05) is 36.4 Å². The second-order valence-corrected chi connectivity index (χ2v) is 10.3. The third-order valence-corrected chi connectivity index (χ3v) is 7.09. The normalized spacial score (nSPS) is 16.9. The van der Waals surface area contributed by atoms with Crippen LogP contribution >= 0.6 is 0 Å². The number of oxazole rings is 1. The Morgan fingerprint density at radius 1 is 0.971 bits per heavy atom. The van der Waals surface area contributed by atoms with Crippen molar-refractivity contribution in [2.75, 3.05) is 33.9 Å². The van der Waals surface area contributed by atoms with Crippen LogP contribution in [-0.4, -0.2) is 48.4 Å². The number of ether oxygens (including phenoxy) is 1. The lowest BCUT2D eigenvalue weighted by molar-refractivity contribution is -0.904. The molecule has 1 atom stereocenters. The molecule has 1 aliphatic carbocycles. The van der Waals surface area contributed by atoms with E-state index in [-0.39, 0.29) is 5.92 Å². The number of likely N-dealkylation sites (N-methyl/N-ethyl adjacent to an activating group) is 1. The molecule has 5 heteroatoms. The molecule has 1 saturated carbocycles. The summed E-state index contributed by atoms with van der Waals surface area (Å²) >= 11 is 0. The predicted octanol–water partition coefficient (Wildman–Crippen LogP) is 5.33. The molecule has 2 aromatic carbocycles. The summed E-state index contributed by atoms with van der Waals surface area (Å²) in [6.07, 6.45) is 8.22. The van der Waals surface area contributed by atoms with E-state index >= 15 is 0 Å². The smallest absolute Gasteiger partial charge is 0.231 e. The molecule has 3 aromatic rings. The fourth-order valence-corrected chi connectivity index (χ4v) is 5.05. The zero-order chi connectivity index (χ0) is 23.9. The minimum atomic E-state index is -1.18. The van der Waals surface area contributed by atoms with E-state index < -0.39 is 5.60 Å². The van der Waals surface area contributed by atoms with Gasteiger partial charge in [0.1, 0.15) is 13.1 Å². The highest BCUT2D eigenvalue weighted by Gasteiger charge is 2.44. The van der Waals surface area contributed by atoms with Gasteiger partial charge in [0.2, 0.25) is 5.89 Å². The zero-order valence-electron chi connectivity index (χ0n) is 20.7. The van der Waals surface area contributed by atoms with E-state index in [0.29, 0.717) is 19.0 Å². The Kier molecular flexibility index (Phi) is 8.19. The monoisotopic (exact) mass is 463 g/mol. The maximum atomic E-state index is 12.0. The lowest BCUT2D eigenvalue weighted by Crippen LogP contribution is -2.41. The van der Waals surface area contributed by atoms with Crippen molar-refractivity contribution < 1.29 is 18.7 Å². The van der Waals surface area contributed by atoms with Crippen LogP contribution in [0.5, 0.6) is 0 Å². The number of benzene rings is 2. The van der Waals surface area contributed by atoms with Gasteiger partial charge in [-0.3, -0.25) is 0 Å². The minimum absolute atomic E-state index is 0.121. The van der Waals surface area contributed by atoms with E-state index in [1.54, 1.807) is 6.20 Å². The van der Waals surface area contributed by atoms with E-state index in [2.05, 4.69) is 43.3 Å². The third kappa shape index (κ3) is 6.15. The molecule has 1 heterocycles. The number of aromatic nitrogens is 1. The van der Waals surface area contributed by atoms with Gasteiger partial charge in [-0.2, -0.15) is 0 Å². The van der Waals surface area contributed by atoms with E-state index in [9.17, 15) is 5.11 Å². The number of rotatable bonds is 11. The van der Waals surface area contributed by atoms with Crippen LogP contribution in [0.25, 0.3) is 0 Å². The van der Waals surface area contributed by atoms with Gasteiger partial charge in [-0.05, 0) is 30.4 Å². The lowest BCUT2D eigenvalue weighted by atomic mass is 9.73. The van der Waals surface area contributed by atoms with Crippen LogP contribution in [0.1, 0.15) is 54.9 Å². The summed E-state index contributed by atoms with van der Waals surface area (Å²) in [5.41, 5.74) is 0.989. The fraction of sp³-hybridized carbons (Fsp3) is 0.483. The number of nitrogens with zero attached hydrogens (tertiary/aromatic N) is 2. The van der Waals surface area contributed by atoms with Crippen molar-refractivity contribution in [2.45, 2.75) is 50.7 Å². The Hall–Kier alpha value is -2.47. The Labute approximate surface area is 204 Å². The molecular weight excluding hydrogens is 424 g/mol. The summed E-state index contributed by atoms with van der Waals surface area (Å²) in [6.45, 7) is 2.99. The van der Waals surface area contributed by atoms with Gasteiger partial charge < -0.3 is 18.7 Å². The summed E-state index contributed by atoms with van der Waals surface area (Å²) in [4.78, 5) is 4.61. The molecule has 0 radical (unpaired) electrons. The summed E-state index contributed by atoms with van der Waals surface area (Å²) in [5, 5.41) is 12.0. The van der Waals surface area contributed by atoms with Gasteiger partial charge in [0.15, 0.2) is 11.4 Å². The second-order valence-electron chi connectivity index (χ2n) is 10.3. The first kappa shape index (κ1) is 24.6. The molecule has 1 fully saturated rings. The van der Waals surface area contributed by atoms with Crippen molar-refractivity contribution >= 4 is 0 Å². The molecule has 4 rings (SSSR count). The average Bonchev–Trinajstić information content (AvgIpc) is 3.33. The summed E-state index contributed by atoms with van der Waals surface area (Å²) in [7, 11) is 4.35. The molecule has 1 aliphatic rings. The van der Waals surface area contributed by atoms with Gasteiger partial charge in [-0.15, -0.1) is 0 Å². The molecule has 1 unspecified atom stereocenters. The number of hydrogen-bond acceptors (Lipinski definition) is 4. The summed E-state index contributed by atoms with van der Waals surface area (Å²) < 4.78 is 12.9. The number of aliphatic hydroxyl groups is 1. The molecule has 5 nitrogen and oxygen atoms in total. The van der Waals surface area contributed by atoms with Gasteiger partial charge >= 0.3 is 0 Å². The van der Waals surface area contributed by atoms with Crippen molar-refractivity contribution in [2.24, 2.45) is 5.92 Å². The molecule has 182 valence electrons. The van der Waals surface area contributed by atoms with Gasteiger partial charge in [0.25, 0.3) is 0 Å². The van der Waals surface area contributed by atoms with E-state index in [1.165, 1.54) is 12.0 Å². The van der Waals surface area contributed by atoms with Gasteiger partial charge in [-0.1, -0.05) is 79.9 Å². The number of hydrogen-bond donors (Lipinski definition) is 1. The van der Waals surface area contributed by atoms with Crippen molar-refractivity contribution in [3.8, 4) is 0 Å². The maximum absolute atomic E-state index is 12.0. The fourth-order valence-electron chi connectivity index (χ4n) is 5.05. The molecule has 0 bridgehead atoms. The lowest BCUT2D eigenvalue weighted by Gasteiger charge is -2.36. The topological polar surface area (TPSA) is 55.5 Å². The largest absolute Gasteiger partial charge is 0.436 e. The highest BCUT2D eigenvalue weighted by atomic mass is 16.5. The first-order valence-corrected chi connectivity index (χ1v) is 12.6. The van der Waals surface area contributed by atoms with Crippen LogP contribution in [0, 0.1) is 5.92 Å². The molecular formula is C29H39N2O3+. The SMILES string of the molecule is C[N+](C)(CCOCCc1ccccc1)Cc1cnc(C(O)(c2ccccc2)C2CCCCC2)o1. The molecule has 0 spiro atoms. The first-order valence-electron chi connectivity index (χ1n) is 12.6. The first-order chi connectivity index (χ1) is 16.5. The quantitative estimate of drug-likeness (QED) is 0.309. The highest BCUT2D eigenvalue weighted by molar-refractivity contribution is 5.30. The van der Waals surface area contributed by atoms with Crippen LogP contribution in [0.15, 0.2) is 71.3 Å². The van der Waals surface area contributed by atoms with E-state index in [4.69, 9.17) is 9.15 Å². The second kappa shape index (κ2) is 11.3. The molecule has 34 heavy (non-hydrogen) atoms. The van der Waals surface area contributed by atoms with Crippen molar-refractivity contribution in [1.29, 1.82) is 0 Å². The van der Waals surface area contributed by atoms with Gasteiger partial charge in [-0.25, -0.2) is 4.98 Å². The van der Waals surface area contributed by atoms with Crippen LogP contribution < -0.4 is 0 Å². The standard InChI is InChI=1S/C29H39N2O3/c1-31(2,19-21-33-20-18-24-12-6-3-7-13-24)23-27-22-30-28(34-27)29(32,25-14-8-4-9-15-25)26-16-10-5-11-17-26/h3-4,6-9,12-15,22,26,32H,5,10-11,16-21,23H2,1-2H3/q+1. The predicted molar refractivity (Wildman–Crippen MR) is 134 cm³/mol. The van der Waals surface area contributed by atoms with Gasteiger partial charge in [0.05, 0.1) is 33.5 Å². The summed E-state index contributed by atoms with van der Waals surface area (Å²) in [5.74, 6) is 1.35. The summed E-state index contributed by atoms with van der Waals surface area (Å²) in [6, 6.07) is 20.3. The Bertz CT molecular complexity index is 996. The highest BCUT2D eigenvalue weighted by Crippen LogP contribution is 2.43. The van der Waals surface area contributed by atoms with Crippen LogP contribution in [0.4, 0.5) is 0 Å². The Morgan fingerprint density at radius 2 is 1.65 bits per heavy atom. The molecule has 1 aromatic heterocycles. The van der Waals surface area contributed by atoms with Crippen molar-refractivity contribution in [1.82, 2.24) is 4.98 Å². The van der Waals surface area contributed by atoms with Crippen molar-refractivity contribution in [3.05, 3.63) is 89.6 Å². The number of quaternary nitrogens is 1. The van der Waals surface area contributed by atoms with Crippen LogP contribution in [0.3, 0.4) is 0 Å². The molecule has 0 aliphatic heterocycles. The molecule has 0 amide bonds. The molecule has 1 N–H and O–H groups in total. The Morgan fingerprint density at radius 3 is 2.35 bits per heavy atom. The third-order valence-electron chi connectivity index (χ3n) is 7.09. The van der Waals surface area contributed by atoms with Crippen LogP contribution in [-0.2, 0) is 23.3 Å². The van der Waals surface area contributed by atoms with E-state index in [0.717, 1.165) is 61.1 Å². The zero-order valence-corrected chi connectivity index (χ0v) is 20.7. The van der Waals surface area contributed by atoms with Crippen molar-refractivity contribution in [3.63, 3.8) is 0 Å². The minimum Gasteiger partial charge on any atom is -0.436 e. The Balaban J connectivity index is 1.37. The van der Waals surface area contributed by atoms with Crippen LogP contribution in [0.2, 0.25) is 0 Å². The molecule has 0 saturated heterocycles.